The molecule has 0 bridgehead atoms. The number of halogens is 1. The molecule has 1 aliphatic rings. The highest BCUT2D eigenvalue weighted by Crippen LogP contribution is 2.33. The van der Waals surface area contributed by atoms with E-state index >= 15 is 0 Å². The van der Waals surface area contributed by atoms with E-state index in [9.17, 15) is 14.0 Å². The first-order valence-corrected chi connectivity index (χ1v) is 9.20. The minimum Gasteiger partial charge on any atom is -0.494 e. The van der Waals surface area contributed by atoms with E-state index in [-0.39, 0.29) is 30.0 Å². The molecule has 26 heavy (non-hydrogen) atoms. The number of rotatable bonds is 6. The fourth-order valence-corrected chi connectivity index (χ4v) is 3.72. The van der Waals surface area contributed by atoms with Crippen LogP contribution in [0.5, 0.6) is 5.75 Å². The SMILES string of the molecule is COc1ccc(CN(C)C(=O)c2sc(NC(=O)C3CC3)cc2C)cc1F. The van der Waals surface area contributed by atoms with E-state index in [0.29, 0.717) is 15.4 Å². The molecular weight excluding hydrogens is 355 g/mol. The van der Waals surface area contributed by atoms with Gasteiger partial charge in [0.15, 0.2) is 11.6 Å². The molecule has 1 heterocycles. The Morgan fingerprint density at radius 3 is 2.69 bits per heavy atom. The Morgan fingerprint density at radius 2 is 2.08 bits per heavy atom. The molecule has 2 aromatic rings. The van der Waals surface area contributed by atoms with Gasteiger partial charge in [-0.3, -0.25) is 9.59 Å². The van der Waals surface area contributed by atoms with E-state index in [1.165, 1.54) is 29.4 Å². The van der Waals surface area contributed by atoms with E-state index in [1.54, 1.807) is 19.2 Å². The largest absolute Gasteiger partial charge is 0.494 e. The third-order valence-electron chi connectivity index (χ3n) is 4.29. The molecule has 1 aromatic carbocycles. The molecule has 0 saturated heterocycles. The molecular formula is C19H21FN2O3S. The number of nitrogens with one attached hydrogen (secondary N) is 1. The maximum Gasteiger partial charge on any atom is 0.264 e. The van der Waals surface area contributed by atoms with E-state index in [4.69, 9.17) is 4.74 Å². The summed E-state index contributed by atoms with van der Waals surface area (Å²) in [6, 6.07) is 6.46. The van der Waals surface area contributed by atoms with Gasteiger partial charge in [0.05, 0.1) is 17.0 Å². The number of nitrogens with zero attached hydrogens (tertiary/aromatic N) is 1. The van der Waals surface area contributed by atoms with Crippen LogP contribution in [-0.2, 0) is 11.3 Å². The van der Waals surface area contributed by atoms with Crippen LogP contribution in [0.25, 0.3) is 0 Å². The number of methoxy groups -OCH3 is 1. The van der Waals surface area contributed by atoms with Crippen molar-refractivity contribution in [2.45, 2.75) is 26.3 Å². The molecule has 1 N–H and O–H groups in total. The molecule has 0 aliphatic heterocycles. The number of hydrogen-bond acceptors (Lipinski definition) is 4. The summed E-state index contributed by atoms with van der Waals surface area (Å²) in [5.41, 5.74) is 1.49. The Balaban J connectivity index is 1.68. The molecule has 7 heteroatoms. The van der Waals surface area contributed by atoms with Crippen LogP contribution in [0.4, 0.5) is 9.39 Å². The molecule has 5 nitrogen and oxygen atoms in total. The highest BCUT2D eigenvalue weighted by Gasteiger charge is 2.30. The van der Waals surface area contributed by atoms with Crippen LogP contribution < -0.4 is 10.1 Å². The smallest absolute Gasteiger partial charge is 0.264 e. The van der Waals surface area contributed by atoms with Crippen molar-refractivity contribution in [2.75, 3.05) is 19.5 Å². The number of anilines is 1. The van der Waals surface area contributed by atoms with Crippen molar-refractivity contribution in [1.82, 2.24) is 4.90 Å². The molecule has 1 aromatic heterocycles. The van der Waals surface area contributed by atoms with Crippen molar-refractivity contribution in [3.63, 3.8) is 0 Å². The van der Waals surface area contributed by atoms with Gasteiger partial charge in [-0.15, -0.1) is 11.3 Å². The molecule has 0 radical (unpaired) electrons. The lowest BCUT2D eigenvalue weighted by Crippen LogP contribution is -2.26. The lowest BCUT2D eigenvalue weighted by Gasteiger charge is -2.17. The Bertz CT molecular complexity index is 845. The average molecular weight is 376 g/mol. The lowest BCUT2D eigenvalue weighted by molar-refractivity contribution is -0.117. The van der Waals surface area contributed by atoms with Crippen molar-refractivity contribution < 1.29 is 18.7 Å². The van der Waals surface area contributed by atoms with E-state index in [1.807, 2.05) is 13.0 Å². The van der Waals surface area contributed by atoms with Gasteiger partial charge >= 0.3 is 0 Å². The van der Waals surface area contributed by atoms with Crippen LogP contribution in [0.15, 0.2) is 24.3 Å². The van der Waals surface area contributed by atoms with Gasteiger partial charge in [-0.1, -0.05) is 6.07 Å². The summed E-state index contributed by atoms with van der Waals surface area (Å²) >= 11 is 1.27. The first-order valence-electron chi connectivity index (χ1n) is 8.38. The second-order valence-electron chi connectivity index (χ2n) is 6.52. The topological polar surface area (TPSA) is 58.6 Å². The van der Waals surface area contributed by atoms with E-state index in [0.717, 1.165) is 18.4 Å². The maximum absolute atomic E-state index is 13.8. The van der Waals surface area contributed by atoms with Gasteiger partial charge in [0, 0.05) is 19.5 Å². The van der Waals surface area contributed by atoms with E-state index < -0.39 is 5.82 Å². The molecule has 2 amide bonds. The average Bonchev–Trinajstić information content (AvgIpc) is 3.38. The number of benzene rings is 1. The third kappa shape index (κ3) is 4.04. The van der Waals surface area contributed by atoms with Gasteiger partial charge in [0.25, 0.3) is 5.91 Å². The molecule has 0 spiro atoms. The van der Waals surface area contributed by atoms with Crippen LogP contribution in [0, 0.1) is 18.7 Å². The highest BCUT2D eigenvalue weighted by atomic mass is 32.1. The Morgan fingerprint density at radius 1 is 1.35 bits per heavy atom. The standard InChI is InChI=1S/C19H21FN2O3S/c1-11-8-16(21-18(23)13-5-6-13)26-17(11)19(24)22(2)10-12-4-7-15(25-3)14(20)9-12/h4,7-9,13H,5-6,10H2,1-3H3,(H,21,23). The van der Waals surface area contributed by atoms with Gasteiger partial charge in [-0.2, -0.15) is 0 Å². The Labute approximate surface area is 155 Å². The van der Waals surface area contributed by atoms with Crippen molar-refractivity contribution in [2.24, 2.45) is 5.92 Å². The highest BCUT2D eigenvalue weighted by molar-refractivity contribution is 7.18. The summed E-state index contributed by atoms with van der Waals surface area (Å²) in [5.74, 6) is -0.303. The number of aryl methyl sites for hydroxylation is 1. The van der Waals surface area contributed by atoms with Crippen LogP contribution in [0.1, 0.15) is 33.6 Å². The van der Waals surface area contributed by atoms with Crippen LogP contribution in [-0.4, -0.2) is 30.9 Å². The predicted octanol–water partition coefficient (Wildman–Crippen LogP) is 3.82. The number of carbonyl (C=O) groups is 2. The number of hydrogen-bond donors (Lipinski definition) is 1. The third-order valence-corrected chi connectivity index (χ3v) is 5.43. The zero-order valence-electron chi connectivity index (χ0n) is 15.0. The zero-order chi connectivity index (χ0) is 18.8. The van der Waals surface area contributed by atoms with Gasteiger partial charge in [0.1, 0.15) is 0 Å². The molecule has 0 atom stereocenters. The molecule has 0 unspecified atom stereocenters. The fraction of sp³-hybridized carbons (Fsp3) is 0.368. The Hall–Kier alpha value is -2.41. The monoisotopic (exact) mass is 376 g/mol. The fourth-order valence-electron chi connectivity index (χ4n) is 2.65. The number of ether oxygens (including phenoxy) is 1. The maximum atomic E-state index is 13.8. The minimum atomic E-state index is -0.455. The molecule has 1 aliphatic carbocycles. The molecule has 138 valence electrons. The van der Waals surface area contributed by atoms with Crippen LogP contribution in [0.2, 0.25) is 0 Å². The van der Waals surface area contributed by atoms with Crippen molar-refractivity contribution in [3.8, 4) is 5.75 Å². The van der Waals surface area contributed by atoms with Crippen molar-refractivity contribution in [1.29, 1.82) is 0 Å². The molecule has 1 saturated carbocycles. The minimum absolute atomic E-state index is 0.0207. The molecule has 1 fully saturated rings. The van der Waals surface area contributed by atoms with Gasteiger partial charge in [-0.05, 0) is 49.1 Å². The second kappa shape index (κ2) is 7.45. The summed E-state index contributed by atoms with van der Waals surface area (Å²) in [4.78, 5) is 26.7. The number of thiophene rings is 1. The number of carbonyl (C=O) groups excluding carboxylic acids is 2. The number of amides is 2. The summed E-state index contributed by atoms with van der Waals surface area (Å²) in [6.07, 6.45) is 1.87. The first kappa shape index (κ1) is 18.4. The summed E-state index contributed by atoms with van der Waals surface area (Å²) in [6.45, 7) is 2.12. The zero-order valence-corrected chi connectivity index (χ0v) is 15.8. The van der Waals surface area contributed by atoms with Crippen molar-refractivity contribution >= 4 is 28.2 Å². The molecule has 3 rings (SSSR count). The quantitative estimate of drug-likeness (QED) is 0.834. The van der Waals surface area contributed by atoms with Gasteiger partial charge in [-0.25, -0.2) is 4.39 Å². The van der Waals surface area contributed by atoms with Crippen LogP contribution >= 0.6 is 11.3 Å². The summed E-state index contributed by atoms with van der Waals surface area (Å²) in [5, 5.41) is 3.56. The summed E-state index contributed by atoms with van der Waals surface area (Å²) < 4.78 is 18.7. The normalized spacial score (nSPS) is 13.4. The Kier molecular flexibility index (Phi) is 5.27. The van der Waals surface area contributed by atoms with E-state index in [2.05, 4.69) is 5.32 Å². The lowest BCUT2D eigenvalue weighted by atomic mass is 10.2. The first-order chi connectivity index (χ1) is 12.4. The van der Waals surface area contributed by atoms with Gasteiger partial charge < -0.3 is 15.0 Å². The van der Waals surface area contributed by atoms with Crippen LogP contribution in [0.3, 0.4) is 0 Å². The predicted molar refractivity (Wildman–Crippen MR) is 99.2 cm³/mol. The van der Waals surface area contributed by atoms with Crippen molar-refractivity contribution in [3.05, 3.63) is 46.1 Å². The second-order valence-corrected chi connectivity index (χ2v) is 7.57. The summed E-state index contributed by atoms with van der Waals surface area (Å²) in [7, 11) is 3.08. The van der Waals surface area contributed by atoms with Gasteiger partial charge in [0.2, 0.25) is 5.91 Å².